The van der Waals surface area contributed by atoms with Crippen LogP contribution in [0.4, 0.5) is 0 Å². The van der Waals surface area contributed by atoms with Crippen molar-refractivity contribution >= 4 is 11.8 Å². The van der Waals surface area contributed by atoms with E-state index < -0.39 is 0 Å². The predicted octanol–water partition coefficient (Wildman–Crippen LogP) is 3.43. The van der Waals surface area contributed by atoms with Crippen molar-refractivity contribution in [1.82, 2.24) is 5.32 Å². The van der Waals surface area contributed by atoms with Gasteiger partial charge in [0.1, 0.15) is 0 Å². The van der Waals surface area contributed by atoms with Gasteiger partial charge in [0.15, 0.2) is 0 Å². The number of hydrogen-bond donors (Lipinski definition) is 1. The standard InChI is InChI=1S/C15H27NO2/c1-4-6-7-8-10-15(3)11-13(17)16-14(18)12(15)9-5-2/h12H,4-11H2,1-3H3,(H,16,17,18). The van der Waals surface area contributed by atoms with Crippen molar-refractivity contribution in [3.63, 3.8) is 0 Å². The van der Waals surface area contributed by atoms with Crippen LogP contribution in [0.5, 0.6) is 0 Å². The van der Waals surface area contributed by atoms with Gasteiger partial charge >= 0.3 is 0 Å². The van der Waals surface area contributed by atoms with Gasteiger partial charge in [-0.3, -0.25) is 14.9 Å². The molecule has 0 aromatic rings. The molecule has 0 saturated carbocycles. The van der Waals surface area contributed by atoms with Gasteiger partial charge in [0.05, 0.1) is 0 Å². The molecule has 2 amide bonds. The first-order valence-electron chi connectivity index (χ1n) is 7.37. The number of amides is 2. The predicted molar refractivity (Wildman–Crippen MR) is 73.0 cm³/mol. The Morgan fingerprint density at radius 3 is 2.50 bits per heavy atom. The zero-order valence-corrected chi connectivity index (χ0v) is 12.1. The normalized spacial score (nSPS) is 28.3. The molecule has 1 fully saturated rings. The molecule has 3 nitrogen and oxygen atoms in total. The SMILES string of the molecule is CCCCCCC1(C)CC(=O)NC(=O)C1CCC. The fraction of sp³-hybridized carbons (Fsp3) is 0.867. The lowest BCUT2D eigenvalue weighted by Gasteiger charge is -2.40. The molecule has 2 atom stereocenters. The van der Waals surface area contributed by atoms with E-state index in [-0.39, 0.29) is 23.1 Å². The minimum absolute atomic E-state index is 0.0156. The second-order valence-corrected chi connectivity index (χ2v) is 5.90. The lowest BCUT2D eigenvalue weighted by molar-refractivity contribution is -0.143. The molecule has 1 aliphatic heterocycles. The van der Waals surface area contributed by atoms with Crippen LogP contribution < -0.4 is 5.32 Å². The molecule has 1 saturated heterocycles. The fourth-order valence-electron chi connectivity index (χ4n) is 3.06. The van der Waals surface area contributed by atoms with Gasteiger partial charge in [0.2, 0.25) is 11.8 Å². The smallest absolute Gasteiger partial charge is 0.230 e. The van der Waals surface area contributed by atoms with Crippen LogP contribution in [0.25, 0.3) is 0 Å². The third-order valence-corrected chi connectivity index (χ3v) is 4.16. The van der Waals surface area contributed by atoms with Crippen molar-refractivity contribution in [2.45, 2.75) is 72.1 Å². The van der Waals surface area contributed by atoms with Crippen LogP contribution in [0.1, 0.15) is 72.1 Å². The molecule has 2 unspecified atom stereocenters. The van der Waals surface area contributed by atoms with Crippen molar-refractivity contribution in [2.24, 2.45) is 11.3 Å². The monoisotopic (exact) mass is 253 g/mol. The fourth-order valence-corrected chi connectivity index (χ4v) is 3.06. The minimum Gasteiger partial charge on any atom is -0.296 e. The molecule has 0 aliphatic carbocycles. The van der Waals surface area contributed by atoms with Crippen LogP contribution >= 0.6 is 0 Å². The summed E-state index contributed by atoms with van der Waals surface area (Å²) < 4.78 is 0. The van der Waals surface area contributed by atoms with Crippen LogP contribution in [0.3, 0.4) is 0 Å². The Bertz CT molecular complexity index is 301. The Kier molecular flexibility index (Phi) is 5.83. The topological polar surface area (TPSA) is 46.2 Å². The summed E-state index contributed by atoms with van der Waals surface area (Å²) in [6, 6.07) is 0. The molecule has 1 rings (SSSR count). The first kappa shape index (κ1) is 15.2. The lowest BCUT2D eigenvalue weighted by Crippen LogP contribution is -2.50. The van der Waals surface area contributed by atoms with E-state index in [1.165, 1.54) is 19.3 Å². The summed E-state index contributed by atoms with van der Waals surface area (Å²) in [5.41, 5.74) is -0.122. The quantitative estimate of drug-likeness (QED) is 0.558. The Morgan fingerprint density at radius 2 is 1.89 bits per heavy atom. The van der Waals surface area contributed by atoms with Crippen LogP contribution in [0, 0.1) is 11.3 Å². The highest BCUT2D eigenvalue weighted by molar-refractivity contribution is 5.99. The Balaban J connectivity index is 2.64. The summed E-state index contributed by atoms with van der Waals surface area (Å²) >= 11 is 0. The van der Waals surface area contributed by atoms with E-state index in [2.05, 4.69) is 26.1 Å². The maximum atomic E-state index is 12.0. The van der Waals surface area contributed by atoms with E-state index >= 15 is 0 Å². The van der Waals surface area contributed by atoms with Crippen LogP contribution in [-0.2, 0) is 9.59 Å². The zero-order chi connectivity index (χ0) is 13.6. The van der Waals surface area contributed by atoms with E-state index in [4.69, 9.17) is 0 Å². The van der Waals surface area contributed by atoms with Gasteiger partial charge in [-0.1, -0.05) is 52.9 Å². The van der Waals surface area contributed by atoms with Gasteiger partial charge in [-0.15, -0.1) is 0 Å². The summed E-state index contributed by atoms with van der Waals surface area (Å²) in [7, 11) is 0. The highest BCUT2D eigenvalue weighted by Gasteiger charge is 2.43. The molecular weight excluding hydrogens is 226 g/mol. The molecule has 0 spiro atoms. The molecule has 18 heavy (non-hydrogen) atoms. The molecule has 3 heteroatoms. The average Bonchev–Trinajstić information content (AvgIpc) is 2.29. The molecule has 0 radical (unpaired) electrons. The number of hydrogen-bond acceptors (Lipinski definition) is 2. The largest absolute Gasteiger partial charge is 0.296 e. The number of carbonyl (C=O) groups excluding carboxylic acids is 2. The number of nitrogens with one attached hydrogen (secondary N) is 1. The van der Waals surface area contributed by atoms with Crippen molar-refractivity contribution < 1.29 is 9.59 Å². The number of imide groups is 1. The van der Waals surface area contributed by atoms with E-state index in [0.717, 1.165) is 25.7 Å². The van der Waals surface area contributed by atoms with Crippen molar-refractivity contribution in [1.29, 1.82) is 0 Å². The summed E-state index contributed by atoms with van der Waals surface area (Å²) in [6.07, 6.45) is 8.20. The van der Waals surface area contributed by atoms with Crippen LogP contribution in [-0.4, -0.2) is 11.8 Å². The first-order chi connectivity index (χ1) is 8.53. The second-order valence-electron chi connectivity index (χ2n) is 5.90. The zero-order valence-electron chi connectivity index (χ0n) is 12.1. The minimum atomic E-state index is -0.122. The van der Waals surface area contributed by atoms with E-state index in [1.807, 2.05) is 0 Å². The first-order valence-corrected chi connectivity index (χ1v) is 7.37. The lowest BCUT2D eigenvalue weighted by atomic mass is 9.67. The summed E-state index contributed by atoms with van der Waals surface area (Å²) in [5.74, 6) is -0.127. The summed E-state index contributed by atoms with van der Waals surface area (Å²) in [5, 5.41) is 2.49. The van der Waals surface area contributed by atoms with Gasteiger partial charge in [-0.25, -0.2) is 0 Å². The van der Waals surface area contributed by atoms with Crippen LogP contribution in [0.2, 0.25) is 0 Å². The second kappa shape index (κ2) is 6.91. The van der Waals surface area contributed by atoms with Gasteiger partial charge in [0, 0.05) is 12.3 Å². The highest BCUT2D eigenvalue weighted by atomic mass is 16.2. The van der Waals surface area contributed by atoms with Gasteiger partial charge < -0.3 is 0 Å². The van der Waals surface area contributed by atoms with E-state index in [1.54, 1.807) is 0 Å². The van der Waals surface area contributed by atoms with Crippen molar-refractivity contribution in [2.75, 3.05) is 0 Å². The number of piperidine rings is 1. The molecule has 0 aromatic carbocycles. The Morgan fingerprint density at radius 1 is 1.17 bits per heavy atom. The molecule has 1 N–H and O–H groups in total. The third kappa shape index (κ3) is 3.82. The number of unbranched alkanes of at least 4 members (excludes halogenated alkanes) is 3. The molecule has 1 heterocycles. The van der Waals surface area contributed by atoms with Crippen molar-refractivity contribution in [3.8, 4) is 0 Å². The van der Waals surface area contributed by atoms with Gasteiger partial charge in [-0.2, -0.15) is 0 Å². The molecule has 104 valence electrons. The average molecular weight is 253 g/mol. The molecule has 1 aliphatic rings. The Hall–Kier alpha value is -0.860. The van der Waals surface area contributed by atoms with E-state index in [0.29, 0.717) is 6.42 Å². The van der Waals surface area contributed by atoms with Gasteiger partial charge in [0.25, 0.3) is 0 Å². The van der Waals surface area contributed by atoms with Crippen molar-refractivity contribution in [3.05, 3.63) is 0 Å². The molecule has 0 bridgehead atoms. The maximum Gasteiger partial charge on any atom is 0.230 e. The maximum absolute atomic E-state index is 12.0. The molecule has 0 aromatic heterocycles. The van der Waals surface area contributed by atoms with Crippen LogP contribution in [0.15, 0.2) is 0 Å². The van der Waals surface area contributed by atoms with Gasteiger partial charge in [-0.05, 0) is 18.3 Å². The number of carbonyl (C=O) groups is 2. The summed E-state index contributed by atoms with van der Waals surface area (Å²) in [6.45, 7) is 6.41. The third-order valence-electron chi connectivity index (χ3n) is 4.16. The van der Waals surface area contributed by atoms with E-state index in [9.17, 15) is 9.59 Å². The number of rotatable bonds is 7. The highest BCUT2D eigenvalue weighted by Crippen LogP contribution is 2.41. The Labute approximate surface area is 111 Å². The summed E-state index contributed by atoms with van der Waals surface area (Å²) in [4.78, 5) is 23.6. The molecular formula is C15H27NO2.